The molecule has 1 saturated heterocycles. The second-order valence-electron chi connectivity index (χ2n) is 4.42. The van der Waals surface area contributed by atoms with Crippen molar-refractivity contribution in [2.45, 2.75) is 25.3 Å². The van der Waals surface area contributed by atoms with E-state index in [0.29, 0.717) is 22.6 Å². The molecule has 2 N–H and O–H groups in total. The van der Waals surface area contributed by atoms with Crippen molar-refractivity contribution in [1.82, 2.24) is 5.32 Å². The van der Waals surface area contributed by atoms with E-state index in [1.165, 1.54) is 12.5 Å². The van der Waals surface area contributed by atoms with Crippen molar-refractivity contribution < 1.29 is 14.6 Å². The molecule has 0 aromatic heterocycles. The Hall–Kier alpha value is -1.13. The molecule has 0 radical (unpaired) electrons. The van der Waals surface area contributed by atoms with Gasteiger partial charge in [-0.3, -0.25) is 0 Å². The topological polar surface area (TPSA) is 50.7 Å². The first-order valence-electron chi connectivity index (χ1n) is 6.03. The van der Waals surface area contributed by atoms with E-state index in [9.17, 15) is 5.11 Å². The Balaban J connectivity index is 2.38. The van der Waals surface area contributed by atoms with Crippen LogP contribution >= 0.6 is 11.6 Å². The standard InChI is InChI=1S/C13H18ClNO3/c1-17-11-7-10(16)12(14)9(13(11)18-2)6-8-4-3-5-15-8/h7-8,15-16H,3-6H2,1-2H3. The number of hydrogen-bond donors (Lipinski definition) is 2. The summed E-state index contributed by atoms with van der Waals surface area (Å²) in [5, 5.41) is 13.6. The van der Waals surface area contributed by atoms with Crippen molar-refractivity contribution in [2.75, 3.05) is 20.8 Å². The van der Waals surface area contributed by atoms with Crippen molar-refractivity contribution in [1.29, 1.82) is 0 Å². The summed E-state index contributed by atoms with van der Waals surface area (Å²) in [6, 6.07) is 1.86. The van der Waals surface area contributed by atoms with Gasteiger partial charge in [-0.15, -0.1) is 0 Å². The van der Waals surface area contributed by atoms with Crippen LogP contribution in [0.4, 0.5) is 0 Å². The van der Waals surface area contributed by atoms with Gasteiger partial charge in [-0.25, -0.2) is 0 Å². The molecule has 0 bridgehead atoms. The first-order chi connectivity index (χ1) is 8.67. The van der Waals surface area contributed by atoms with Gasteiger partial charge in [0, 0.05) is 17.7 Å². The number of benzene rings is 1. The predicted molar refractivity (Wildman–Crippen MR) is 70.9 cm³/mol. The fourth-order valence-electron chi connectivity index (χ4n) is 2.39. The lowest BCUT2D eigenvalue weighted by molar-refractivity contribution is 0.346. The number of aromatic hydroxyl groups is 1. The zero-order chi connectivity index (χ0) is 13.1. The Bertz CT molecular complexity index is 431. The van der Waals surface area contributed by atoms with E-state index >= 15 is 0 Å². The second-order valence-corrected chi connectivity index (χ2v) is 4.80. The van der Waals surface area contributed by atoms with Crippen molar-refractivity contribution in [3.05, 3.63) is 16.7 Å². The molecule has 1 aliphatic heterocycles. The predicted octanol–water partition coefficient (Wildman–Crippen LogP) is 2.36. The number of halogens is 1. The van der Waals surface area contributed by atoms with Crippen LogP contribution in [0.1, 0.15) is 18.4 Å². The Morgan fingerprint density at radius 1 is 1.44 bits per heavy atom. The Kier molecular flexibility index (Phi) is 4.19. The van der Waals surface area contributed by atoms with Crippen molar-refractivity contribution in [2.24, 2.45) is 0 Å². The van der Waals surface area contributed by atoms with Crippen LogP contribution in [0.5, 0.6) is 17.2 Å². The van der Waals surface area contributed by atoms with Gasteiger partial charge in [0.15, 0.2) is 11.5 Å². The minimum Gasteiger partial charge on any atom is -0.506 e. The van der Waals surface area contributed by atoms with Crippen LogP contribution in [0, 0.1) is 0 Å². The zero-order valence-electron chi connectivity index (χ0n) is 10.6. The van der Waals surface area contributed by atoms with Gasteiger partial charge in [0.05, 0.1) is 19.2 Å². The number of hydrogen-bond acceptors (Lipinski definition) is 4. The molecule has 0 spiro atoms. The molecule has 1 aromatic carbocycles. The SMILES string of the molecule is COc1cc(O)c(Cl)c(CC2CCCN2)c1OC. The highest BCUT2D eigenvalue weighted by Crippen LogP contribution is 2.42. The van der Waals surface area contributed by atoms with E-state index in [4.69, 9.17) is 21.1 Å². The minimum absolute atomic E-state index is 0.0299. The molecule has 5 heteroatoms. The van der Waals surface area contributed by atoms with E-state index in [0.717, 1.165) is 24.9 Å². The van der Waals surface area contributed by atoms with Crippen molar-refractivity contribution >= 4 is 11.6 Å². The molecule has 1 atom stereocenters. The number of phenols is 1. The highest BCUT2D eigenvalue weighted by atomic mass is 35.5. The van der Waals surface area contributed by atoms with Crippen molar-refractivity contribution in [3.63, 3.8) is 0 Å². The lowest BCUT2D eigenvalue weighted by atomic mass is 10.0. The molecule has 1 heterocycles. The summed E-state index contributed by atoms with van der Waals surface area (Å²) in [5.74, 6) is 1.14. The number of phenolic OH excluding ortho intramolecular Hbond substituents is 1. The summed E-state index contributed by atoms with van der Waals surface area (Å²) in [7, 11) is 3.12. The van der Waals surface area contributed by atoms with Crippen molar-refractivity contribution in [3.8, 4) is 17.2 Å². The first-order valence-corrected chi connectivity index (χ1v) is 6.40. The van der Waals surface area contributed by atoms with Gasteiger partial charge >= 0.3 is 0 Å². The molecule has 1 unspecified atom stereocenters. The van der Waals surface area contributed by atoms with Gasteiger partial charge in [-0.2, -0.15) is 0 Å². The summed E-state index contributed by atoms with van der Waals surface area (Å²) >= 11 is 6.17. The van der Waals surface area contributed by atoms with E-state index in [2.05, 4.69) is 5.32 Å². The lowest BCUT2D eigenvalue weighted by Gasteiger charge is -2.18. The molecule has 100 valence electrons. The Morgan fingerprint density at radius 2 is 2.22 bits per heavy atom. The van der Waals surface area contributed by atoms with Crippen LogP contribution in [-0.2, 0) is 6.42 Å². The third-order valence-electron chi connectivity index (χ3n) is 3.29. The molecule has 0 aliphatic carbocycles. The zero-order valence-corrected chi connectivity index (χ0v) is 11.4. The highest BCUT2D eigenvalue weighted by molar-refractivity contribution is 6.33. The summed E-state index contributed by atoms with van der Waals surface area (Å²) in [6.07, 6.45) is 3.00. The maximum Gasteiger partial charge on any atom is 0.165 e. The third-order valence-corrected chi connectivity index (χ3v) is 3.71. The fourth-order valence-corrected chi connectivity index (χ4v) is 2.61. The van der Waals surface area contributed by atoms with Gasteiger partial charge in [-0.05, 0) is 25.8 Å². The van der Waals surface area contributed by atoms with Crippen LogP contribution in [-0.4, -0.2) is 31.9 Å². The first kappa shape index (κ1) is 13.3. The highest BCUT2D eigenvalue weighted by Gasteiger charge is 2.23. The average Bonchev–Trinajstić information content (AvgIpc) is 2.87. The molecule has 4 nitrogen and oxygen atoms in total. The van der Waals surface area contributed by atoms with Gasteiger partial charge in [0.1, 0.15) is 5.75 Å². The molecule has 18 heavy (non-hydrogen) atoms. The molecule has 1 aliphatic rings. The van der Waals surface area contributed by atoms with E-state index in [1.54, 1.807) is 14.2 Å². The molecule has 1 fully saturated rings. The number of ether oxygens (including phenoxy) is 2. The summed E-state index contributed by atoms with van der Waals surface area (Å²) in [4.78, 5) is 0. The summed E-state index contributed by atoms with van der Waals surface area (Å²) < 4.78 is 10.6. The molecule has 0 saturated carbocycles. The minimum atomic E-state index is 0.0299. The number of methoxy groups -OCH3 is 2. The number of nitrogens with one attached hydrogen (secondary N) is 1. The van der Waals surface area contributed by atoms with E-state index in [1.807, 2.05) is 0 Å². The molecule has 1 aromatic rings. The smallest absolute Gasteiger partial charge is 0.165 e. The molecule has 2 rings (SSSR count). The van der Waals surface area contributed by atoms with Crippen LogP contribution < -0.4 is 14.8 Å². The fraction of sp³-hybridized carbons (Fsp3) is 0.538. The van der Waals surface area contributed by atoms with Gasteiger partial charge in [0.2, 0.25) is 0 Å². The second kappa shape index (κ2) is 5.67. The van der Waals surface area contributed by atoms with Crippen LogP contribution in [0.25, 0.3) is 0 Å². The van der Waals surface area contributed by atoms with Gasteiger partial charge < -0.3 is 19.9 Å². The molecule has 0 amide bonds. The Labute approximate surface area is 112 Å². The normalized spacial score (nSPS) is 18.9. The maximum absolute atomic E-state index is 9.82. The van der Waals surface area contributed by atoms with E-state index in [-0.39, 0.29) is 5.75 Å². The van der Waals surface area contributed by atoms with Gasteiger partial charge in [0.25, 0.3) is 0 Å². The Morgan fingerprint density at radius 3 is 2.78 bits per heavy atom. The third kappa shape index (κ3) is 2.49. The summed E-state index contributed by atoms with van der Waals surface area (Å²) in [5.41, 5.74) is 0.801. The quantitative estimate of drug-likeness (QED) is 0.883. The van der Waals surface area contributed by atoms with Gasteiger partial charge in [-0.1, -0.05) is 11.6 Å². The summed E-state index contributed by atoms with van der Waals surface area (Å²) in [6.45, 7) is 1.03. The van der Waals surface area contributed by atoms with Crippen LogP contribution in [0.15, 0.2) is 6.07 Å². The van der Waals surface area contributed by atoms with Crippen LogP contribution in [0.3, 0.4) is 0 Å². The molecular formula is C13H18ClNO3. The van der Waals surface area contributed by atoms with Crippen LogP contribution in [0.2, 0.25) is 5.02 Å². The average molecular weight is 272 g/mol. The number of rotatable bonds is 4. The lowest BCUT2D eigenvalue weighted by Crippen LogP contribution is -2.24. The maximum atomic E-state index is 9.82. The van der Waals surface area contributed by atoms with E-state index < -0.39 is 0 Å². The molecular weight excluding hydrogens is 254 g/mol. The monoisotopic (exact) mass is 271 g/mol. The largest absolute Gasteiger partial charge is 0.506 e.